The molecule has 1 aliphatic heterocycles. The molecule has 1 aliphatic carbocycles. The van der Waals surface area contributed by atoms with Gasteiger partial charge in [-0.25, -0.2) is 4.98 Å². The first-order valence-corrected chi connectivity index (χ1v) is 11.3. The molecule has 1 aromatic rings. The van der Waals surface area contributed by atoms with E-state index in [9.17, 15) is 9.59 Å². The first-order valence-electron chi connectivity index (χ1n) is 10.6. The number of carbonyl (C=O) groups is 2. The van der Waals surface area contributed by atoms with Gasteiger partial charge in [0.15, 0.2) is 0 Å². The van der Waals surface area contributed by atoms with Crippen molar-refractivity contribution < 1.29 is 9.59 Å². The summed E-state index contributed by atoms with van der Waals surface area (Å²) >= 11 is 3.46. The average molecular weight is 453 g/mol. The second kappa shape index (κ2) is 8.66. The number of nitrogens with one attached hydrogen (secondary N) is 1. The zero-order chi connectivity index (χ0) is 20.4. The van der Waals surface area contributed by atoms with E-state index in [0.29, 0.717) is 18.6 Å². The van der Waals surface area contributed by atoms with Crippen LogP contribution in [0.3, 0.4) is 0 Å². The molecule has 0 bridgehead atoms. The van der Waals surface area contributed by atoms with Crippen LogP contribution >= 0.6 is 15.9 Å². The van der Waals surface area contributed by atoms with Crippen molar-refractivity contribution in [2.24, 2.45) is 16.6 Å². The third kappa shape index (κ3) is 4.06. The highest BCUT2D eigenvalue weighted by molar-refractivity contribution is 9.10. The number of imidazole rings is 1. The van der Waals surface area contributed by atoms with E-state index >= 15 is 0 Å². The Morgan fingerprint density at radius 2 is 2.04 bits per heavy atom. The number of ketones is 1. The highest BCUT2D eigenvalue weighted by Gasteiger charge is 2.74. The fourth-order valence-corrected chi connectivity index (χ4v) is 5.61. The summed E-state index contributed by atoms with van der Waals surface area (Å²) in [7, 11) is 2.14. The van der Waals surface area contributed by atoms with Gasteiger partial charge >= 0.3 is 0 Å². The van der Waals surface area contributed by atoms with E-state index in [-0.39, 0.29) is 17.2 Å². The third-order valence-electron chi connectivity index (χ3n) is 7.15. The number of unbranched alkanes of at least 4 members (excludes halogenated alkanes) is 2. The highest BCUT2D eigenvalue weighted by Crippen LogP contribution is 2.74. The van der Waals surface area contributed by atoms with Gasteiger partial charge < -0.3 is 15.6 Å². The molecule has 2 atom stereocenters. The van der Waals surface area contributed by atoms with Crippen LogP contribution in [-0.4, -0.2) is 46.7 Å². The predicted molar refractivity (Wildman–Crippen MR) is 113 cm³/mol. The monoisotopic (exact) mass is 452 g/mol. The first kappa shape index (κ1) is 21.5. The molecule has 1 aromatic heterocycles. The Morgan fingerprint density at radius 3 is 2.61 bits per heavy atom. The number of carbonyl (C=O) groups excluding carboxylic acids is 2. The van der Waals surface area contributed by atoms with E-state index in [1.54, 1.807) is 6.20 Å². The van der Waals surface area contributed by atoms with Gasteiger partial charge in [-0.05, 0) is 73.6 Å². The number of amides is 1. The van der Waals surface area contributed by atoms with Crippen molar-refractivity contribution in [1.29, 1.82) is 0 Å². The summed E-state index contributed by atoms with van der Waals surface area (Å²) in [4.78, 5) is 34.5. The second-order valence-electron chi connectivity index (χ2n) is 8.76. The van der Waals surface area contributed by atoms with Crippen LogP contribution in [0.2, 0.25) is 0 Å². The minimum absolute atomic E-state index is 0.0154. The fraction of sp³-hybridized carbons (Fsp3) is 0.762. The normalized spacial score (nSPS) is 25.0. The van der Waals surface area contributed by atoms with Gasteiger partial charge in [0.2, 0.25) is 5.91 Å². The molecule has 1 unspecified atom stereocenters. The lowest BCUT2D eigenvalue weighted by molar-refractivity contribution is -0.126. The van der Waals surface area contributed by atoms with Gasteiger partial charge in [-0.2, -0.15) is 0 Å². The van der Waals surface area contributed by atoms with Gasteiger partial charge in [-0.15, -0.1) is 0 Å². The number of nitrogens with two attached hydrogens (primary N) is 1. The van der Waals surface area contributed by atoms with Crippen LogP contribution in [0.25, 0.3) is 0 Å². The van der Waals surface area contributed by atoms with Gasteiger partial charge in [0.1, 0.15) is 16.2 Å². The lowest BCUT2D eigenvalue weighted by Gasteiger charge is -2.35. The van der Waals surface area contributed by atoms with Crippen LogP contribution < -0.4 is 5.73 Å². The molecule has 0 aromatic carbocycles. The molecule has 1 spiro atoms. The summed E-state index contributed by atoms with van der Waals surface area (Å²) in [6.45, 7) is 3.95. The Bertz CT molecular complexity index is 711. The Balaban J connectivity index is 1.74. The molecule has 3 rings (SSSR count). The number of hydrogen-bond acceptors (Lipinski definition) is 4. The molecule has 2 heterocycles. The maximum absolute atomic E-state index is 12.8. The number of hydrogen-bond donors (Lipinski definition) is 2. The Kier molecular flexibility index (Phi) is 6.65. The number of halogens is 1. The van der Waals surface area contributed by atoms with Crippen LogP contribution in [0.4, 0.5) is 0 Å². The average Bonchev–Trinajstić information content (AvgIpc) is 3.12. The van der Waals surface area contributed by atoms with Crippen molar-refractivity contribution in [1.82, 2.24) is 14.9 Å². The summed E-state index contributed by atoms with van der Waals surface area (Å²) in [5.74, 6) is 1.04. The molecule has 2 fully saturated rings. The van der Waals surface area contributed by atoms with Crippen molar-refractivity contribution in [3.05, 3.63) is 16.6 Å². The molecule has 1 amide bonds. The van der Waals surface area contributed by atoms with E-state index in [1.807, 2.05) is 6.92 Å². The molecule has 1 saturated heterocycles. The van der Waals surface area contributed by atoms with E-state index in [1.165, 1.54) is 0 Å². The number of primary amides is 1. The maximum atomic E-state index is 12.8. The van der Waals surface area contributed by atoms with Crippen LogP contribution in [0.15, 0.2) is 10.8 Å². The molecule has 3 N–H and O–H groups in total. The van der Waals surface area contributed by atoms with E-state index < -0.39 is 5.41 Å². The summed E-state index contributed by atoms with van der Waals surface area (Å²) in [6, 6.07) is 0. The minimum atomic E-state index is -0.495. The molecule has 2 aliphatic rings. The number of aromatic nitrogens is 2. The summed E-state index contributed by atoms with van der Waals surface area (Å²) in [5.41, 5.74) is 5.58. The number of likely N-dealkylation sites (tertiary alicyclic amines) is 1. The van der Waals surface area contributed by atoms with Crippen molar-refractivity contribution in [2.75, 3.05) is 20.1 Å². The predicted octanol–water partition coefficient (Wildman–Crippen LogP) is 3.77. The molecule has 7 heteroatoms. The SMILES string of the molecule is CCC(=O)CCCCC[C@H](c1ncc(Br)[nH]1)C1(C(N)=O)CC12CCN(C)CC2. The number of nitrogens with zero attached hydrogens (tertiary/aromatic N) is 2. The second-order valence-corrected chi connectivity index (χ2v) is 9.61. The van der Waals surface area contributed by atoms with E-state index in [0.717, 1.165) is 68.5 Å². The van der Waals surface area contributed by atoms with Crippen molar-refractivity contribution in [3.63, 3.8) is 0 Å². The summed E-state index contributed by atoms with van der Waals surface area (Å²) < 4.78 is 0.832. The molecule has 156 valence electrons. The van der Waals surface area contributed by atoms with Crippen molar-refractivity contribution in [3.8, 4) is 0 Å². The van der Waals surface area contributed by atoms with Crippen LogP contribution in [0.1, 0.15) is 76.5 Å². The van der Waals surface area contributed by atoms with Crippen LogP contribution in [0, 0.1) is 10.8 Å². The number of Topliss-reactive ketones (excluding diaryl/α,β-unsaturated/α-hetero) is 1. The molecular formula is C21H33BrN4O2. The topological polar surface area (TPSA) is 92.1 Å². The smallest absolute Gasteiger partial charge is 0.224 e. The zero-order valence-corrected chi connectivity index (χ0v) is 18.7. The van der Waals surface area contributed by atoms with Gasteiger partial charge in [-0.3, -0.25) is 9.59 Å². The van der Waals surface area contributed by atoms with Gasteiger partial charge in [0, 0.05) is 18.8 Å². The largest absolute Gasteiger partial charge is 0.369 e. The van der Waals surface area contributed by atoms with Gasteiger partial charge in [0.05, 0.1) is 11.6 Å². The van der Waals surface area contributed by atoms with Crippen molar-refractivity contribution in [2.45, 2.75) is 70.6 Å². The first-order chi connectivity index (χ1) is 13.3. The minimum Gasteiger partial charge on any atom is -0.369 e. The van der Waals surface area contributed by atoms with Gasteiger partial charge in [0.25, 0.3) is 0 Å². The number of piperidine rings is 1. The molecule has 1 saturated carbocycles. The lowest BCUT2D eigenvalue weighted by atomic mass is 9.74. The summed E-state index contributed by atoms with van der Waals surface area (Å²) in [5, 5.41) is 0. The number of rotatable bonds is 10. The molecule has 0 radical (unpaired) electrons. The maximum Gasteiger partial charge on any atom is 0.224 e. The van der Waals surface area contributed by atoms with Crippen LogP contribution in [0.5, 0.6) is 0 Å². The standard InChI is InChI=1S/C21H33BrN4O2/c1-3-15(27)7-5-4-6-8-16(18-24-13-17(22)25-18)21(19(23)28)14-20(21)9-11-26(2)12-10-20/h13,16H,3-12,14H2,1-2H3,(H2,23,28)(H,24,25)/t16-,21?/m1/s1. The Hall–Kier alpha value is -1.21. The highest BCUT2D eigenvalue weighted by atomic mass is 79.9. The lowest BCUT2D eigenvalue weighted by Crippen LogP contribution is -2.41. The molecule has 6 nitrogen and oxygen atoms in total. The van der Waals surface area contributed by atoms with E-state index in [4.69, 9.17) is 5.73 Å². The molecular weight excluding hydrogens is 420 g/mol. The number of aromatic amines is 1. The van der Waals surface area contributed by atoms with Crippen molar-refractivity contribution >= 4 is 27.6 Å². The third-order valence-corrected chi connectivity index (χ3v) is 7.56. The quantitative estimate of drug-likeness (QED) is 0.528. The Labute approximate surface area is 176 Å². The Morgan fingerprint density at radius 1 is 1.32 bits per heavy atom. The number of H-pyrrole nitrogens is 1. The fourth-order valence-electron chi connectivity index (χ4n) is 5.30. The van der Waals surface area contributed by atoms with Crippen LogP contribution in [-0.2, 0) is 9.59 Å². The molecule has 28 heavy (non-hydrogen) atoms. The zero-order valence-electron chi connectivity index (χ0n) is 17.1. The summed E-state index contributed by atoms with van der Waals surface area (Å²) in [6.07, 6.45) is 9.73. The van der Waals surface area contributed by atoms with Gasteiger partial charge in [-0.1, -0.05) is 19.8 Å². The van der Waals surface area contributed by atoms with E-state index in [2.05, 4.69) is 37.8 Å².